The van der Waals surface area contributed by atoms with Crippen LogP contribution in [0.15, 0.2) is 41.2 Å². The molecule has 2 aromatic carbocycles. The fourth-order valence-electron chi connectivity index (χ4n) is 2.48. The van der Waals surface area contributed by atoms with Crippen molar-refractivity contribution in [3.05, 3.63) is 62.8 Å². The molecule has 0 fully saturated rings. The van der Waals surface area contributed by atoms with Gasteiger partial charge in [-0.2, -0.15) is 0 Å². The maximum atomic E-state index is 12.4. The lowest BCUT2D eigenvalue weighted by molar-refractivity contribution is 0.102. The van der Waals surface area contributed by atoms with E-state index >= 15 is 0 Å². The zero-order chi connectivity index (χ0) is 15.9. The van der Waals surface area contributed by atoms with E-state index in [1.807, 2.05) is 50.2 Å². The van der Waals surface area contributed by atoms with Crippen molar-refractivity contribution in [3.63, 3.8) is 0 Å². The van der Waals surface area contributed by atoms with Crippen LogP contribution in [-0.4, -0.2) is 10.5 Å². The minimum Gasteiger partial charge on any atom is -0.322 e. The molecule has 0 radical (unpaired) electrons. The van der Waals surface area contributed by atoms with Gasteiger partial charge in [-0.1, -0.05) is 29.0 Å². The van der Waals surface area contributed by atoms with Gasteiger partial charge in [0.1, 0.15) is 0 Å². The summed E-state index contributed by atoms with van der Waals surface area (Å²) in [7, 11) is 1.75. The lowest BCUT2D eigenvalue weighted by Gasteiger charge is -2.08. The molecule has 0 aliphatic heterocycles. The summed E-state index contributed by atoms with van der Waals surface area (Å²) in [5, 5.41) is 2.90. The Morgan fingerprint density at radius 2 is 1.91 bits per heavy atom. The van der Waals surface area contributed by atoms with E-state index < -0.39 is 0 Å². The number of hydrogen-bond acceptors (Lipinski definition) is 3. The number of anilines is 1. The summed E-state index contributed by atoms with van der Waals surface area (Å²) in [4.78, 5) is 24.0. The third-order valence-corrected chi connectivity index (χ3v) is 4.67. The Hall–Kier alpha value is -2.40. The first-order valence-electron chi connectivity index (χ1n) is 6.94. The molecule has 0 spiro atoms. The summed E-state index contributed by atoms with van der Waals surface area (Å²) >= 11 is 1.18. The molecule has 3 rings (SSSR count). The van der Waals surface area contributed by atoms with Crippen LogP contribution < -0.4 is 10.2 Å². The van der Waals surface area contributed by atoms with Crippen molar-refractivity contribution in [3.8, 4) is 0 Å². The number of fused-ring (bicyclic) bond motifs is 1. The van der Waals surface area contributed by atoms with Crippen LogP contribution in [0.2, 0.25) is 0 Å². The Bertz CT molecular complexity index is 937. The van der Waals surface area contributed by atoms with Gasteiger partial charge in [-0.3, -0.25) is 9.59 Å². The monoisotopic (exact) mass is 312 g/mol. The van der Waals surface area contributed by atoms with Crippen LogP contribution in [-0.2, 0) is 7.05 Å². The minimum atomic E-state index is -0.139. The SMILES string of the molecule is Cc1ccc(C(=O)Nc2ccc3c(c2)sc(=O)n3C)c(C)c1. The zero-order valence-electron chi connectivity index (χ0n) is 12.6. The van der Waals surface area contributed by atoms with Gasteiger partial charge in [0.2, 0.25) is 0 Å². The first-order chi connectivity index (χ1) is 10.5. The number of amides is 1. The second-order valence-corrected chi connectivity index (χ2v) is 6.38. The van der Waals surface area contributed by atoms with Crippen LogP contribution >= 0.6 is 11.3 Å². The third kappa shape index (κ3) is 2.55. The first kappa shape index (κ1) is 14.5. The van der Waals surface area contributed by atoms with Gasteiger partial charge in [-0.05, 0) is 43.7 Å². The highest BCUT2D eigenvalue weighted by atomic mass is 32.1. The van der Waals surface area contributed by atoms with Crippen LogP contribution in [0.1, 0.15) is 21.5 Å². The van der Waals surface area contributed by atoms with E-state index in [0.717, 1.165) is 21.3 Å². The molecule has 3 aromatic rings. The van der Waals surface area contributed by atoms with Crippen LogP contribution in [0.5, 0.6) is 0 Å². The molecule has 22 heavy (non-hydrogen) atoms. The van der Waals surface area contributed by atoms with Gasteiger partial charge in [0, 0.05) is 18.3 Å². The molecular formula is C17H16N2O2S. The summed E-state index contributed by atoms with van der Waals surface area (Å²) in [6, 6.07) is 11.2. The zero-order valence-corrected chi connectivity index (χ0v) is 13.5. The van der Waals surface area contributed by atoms with Gasteiger partial charge >= 0.3 is 4.87 Å². The van der Waals surface area contributed by atoms with Crippen molar-refractivity contribution < 1.29 is 4.79 Å². The van der Waals surface area contributed by atoms with E-state index in [1.54, 1.807) is 11.6 Å². The molecule has 1 amide bonds. The van der Waals surface area contributed by atoms with Gasteiger partial charge < -0.3 is 9.88 Å². The Morgan fingerprint density at radius 1 is 1.14 bits per heavy atom. The molecule has 112 valence electrons. The minimum absolute atomic E-state index is 0.00662. The van der Waals surface area contributed by atoms with Crippen LogP contribution in [0.4, 0.5) is 5.69 Å². The van der Waals surface area contributed by atoms with Gasteiger partial charge in [0.05, 0.1) is 10.2 Å². The van der Waals surface area contributed by atoms with Crippen molar-refractivity contribution in [2.45, 2.75) is 13.8 Å². The molecule has 1 heterocycles. The molecule has 1 N–H and O–H groups in total. The average molecular weight is 312 g/mol. The average Bonchev–Trinajstić information content (AvgIpc) is 2.73. The highest BCUT2D eigenvalue weighted by Gasteiger charge is 2.11. The molecule has 1 aromatic heterocycles. The number of hydrogen-bond donors (Lipinski definition) is 1. The number of aryl methyl sites for hydroxylation is 3. The largest absolute Gasteiger partial charge is 0.322 e. The van der Waals surface area contributed by atoms with E-state index in [-0.39, 0.29) is 10.8 Å². The molecule has 0 saturated carbocycles. The highest BCUT2D eigenvalue weighted by Crippen LogP contribution is 2.22. The number of benzene rings is 2. The lowest BCUT2D eigenvalue weighted by atomic mass is 10.1. The third-order valence-electron chi connectivity index (χ3n) is 3.68. The van der Waals surface area contributed by atoms with Crippen molar-refractivity contribution in [1.82, 2.24) is 4.57 Å². The van der Waals surface area contributed by atoms with Gasteiger partial charge in [0.25, 0.3) is 5.91 Å². The summed E-state index contributed by atoms with van der Waals surface area (Å²) < 4.78 is 2.47. The van der Waals surface area contributed by atoms with Gasteiger partial charge in [-0.25, -0.2) is 0 Å². The molecule has 0 aliphatic rings. The summed E-state index contributed by atoms with van der Waals surface area (Å²) in [5.41, 5.74) is 4.30. The van der Waals surface area contributed by atoms with Gasteiger partial charge in [-0.15, -0.1) is 0 Å². The van der Waals surface area contributed by atoms with Crippen molar-refractivity contribution >= 4 is 33.1 Å². The standard InChI is InChI=1S/C17H16N2O2S/c1-10-4-6-13(11(2)8-10)16(20)18-12-5-7-14-15(9-12)22-17(21)19(14)3/h4-9H,1-3H3,(H,18,20). The molecule has 0 unspecified atom stereocenters. The Kier molecular flexibility index (Phi) is 3.58. The number of nitrogens with zero attached hydrogens (tertiary/aromatic N) is 1. The van der Waals surface area contributed by atoms with Crippen molar-refractivity contribution in [2.75, 3.05) is 5.32 Å². The number of thiazole rings is 1. The van der Waals surface area contributed by atoms with Crippen LogP contribution in [0.3, 0.4) is 0 Å². The molecule has 4 nitrogen and oxygen atoms in total. The summed E-state index contributed by atoms with van der Waals surface area (Å²) in [6.45, 7) is 3.92. The van der Waals surface area contributed by atoms with E-state index in [1.165, 1.54) is 11.3 Å². The lowest BCUT2D eigenvalue weighted by Crippen LogP contribution is -2.13. The predicted molar refractivity (Wildman–Crippen MR) is 90.9 cm³/mol. The smallest absolute Gasteiger partial charge is 0.307 e. The second kappa shape index (κ2) is 5.42. The fraction of sp³-hybridized carbons (Fsp3) is 0.176. The van der Waals surface area contributed by atoms with E-state index in [9.17, 15) is 9.59 Å². The Labute approximate surface area is 132 Å². The maximum Gasteiger partial charge on any atom is 0.307 e. The Morgan fingerprint density at radius 3 is 2.64 bits per heavy atom. The molecule has 0 saturated heterocycles. The Balaban J connectivity index is 1.92. The van der Waals surface area contributed by atoms with Crippen LogP contribution in [0.25, 0.3) is 10.2 Å². The molecule has 0 atom stereocenters. The van der Waals surface area contributed by atoms with Crippen molar-refractivity contribution in [2.24, 2.45) is 7.05 Å². The number of rotatable bonds is 2. The number of nitrogens with one attached hydrogen (secondary N) is 1. The number of carbonyl (C=O) groups is 1. The maximum absolute atomic E-state index is 12.4. The fourth-order valence-corrected chi connectivity index (χ4v) is 3.40. The summed E-state index contributed by atoms with van der Waals surface area (Å²) in [5.74, 6) is -0.139. The molecule has 0 bridgehead atoms. The molecule has 0 aliphatic carbocycles. The second-order valence-electron chi connectivity index (χ2n) is 5.38. The van der Waals surface area contributed by atoms with E-state index in [4.69, 9.17) is 0 Å². The van der Waals surface area contributed by atoms with E-state index in [0.29, 0.717) is 11.3 Å². The van der Waals surface area contributed by atoms with E-state index in [2.05, 4.69) is 5.32 Å². The normalized spacial score (nSPS) is 10.9. The highest BCUT2D eigenvalue weighted by molar-refractivity contribution is 7.16. The predicted octanol–water partition coefficient (Wildman–Crippen LogP) is 3.47. The molecular weight excluding hydrogens is 296 g/mol. The van der Waals surface area contributed by atoms with Crippen molar-refractivity contribution in [1.29, 1.82) is 0 Å². The molecule has 5 heteroatoms. The number of carbonyl (C=O) groups excluding carboxylic acids is 1. The van der Waals surface area contributed by atoms with Gasteiger partial charge in [0.15, 0.2) is 0 Å². The summed E-state index contributed by atoms with van der Waals surface area (Å²) in [6.07, 6.45) is 0. The quantitative estimate of drug-likeness (QED) is 0.788. The van der Waals surface area contributed by atoms with Crippen LogP contribution in [0, 0.1) is 13.8 Å². The first-order valence-corrected chi connectivity index (χ1v) is 7.75. The number of aromatic nitrogens is 1. The topological polar surface area (TPSA) is 51.1 Å².